The van der Waals surface area contributed by atoms with E-state index in [1.54, 1.807) is 10.6 Å². The first-order chi connectivity index (χ1) is 13.0. The Morgan fingerprint density at radius 1 is 1.07 bits per heavy atom. The van der Waals surface area contributed by atoms with Gasteiger partial charge in [-0.2, -0.15) is 0 Å². The quantitative estimate of drug-likeness (QED) is 0.534. The Labute approximate surface area is 154 Å². The summed E-state index contributed by atoms with van der Waals surface area (Å²) in [5.41, 5.74) is 2.22. The number of rotatable bonds is 3. The van der Waals surface area contributed by atoms with Gasteiger partial charge >= 0.3 is 5.97 Å². The van der Waals surface area contributed by atoms with Crippen molar-refractivity contribution in [3.63, 3.8) is 0 Å². The Bertz CT molecular complexity index is 1060. The van der Waals surface area contributed by atoms with Gasteiger partial charge in [-0.15, -0.1) is 0 Å². The second kappa shape index (κ2) is 6.21. The molecule has 0 saturated carbocycles. The number of aromatic nitrogens is 1. The second-order valence-electron chi connectivity index (χ2n) is 6.37. The maximum Gasteiger partial charge on any atom is 0.339 e. The molecule has 0 saturated heterocycles. The van der Waals surface area contributed by atoms with E-state index in [2.05, 4.69) is 5.32 Å². The molecule has 1 aliphatic heterocycles. The first-order valence-corrected chi connectivity index (χ1v) is 8.31. The number of aromatic hydroxyl groups is 2. The summed E-state index contributed by atoms with van der Waals surface area (Å²) in [6, 6.07) is 13.6. The zero-order valence-electron chi connectivity index (χ0n) is 14.1. The number of para-hydroxylation sites is 1. The molecule has 0 bridgehead atoms. The van der Waals surface area contributed by atoms with Crippen molar-refractivity contribution in [2.45, 2.75) is 12.3 Å². The second-order valence-corrected chi connectivity index (χ2v) is 6.37. The molecule has 2 heterocycles. The molecule has 7 nitrogen and oxygen atoms in total. The van der Waals surface area contributed by atoms with Crippen LogP contribution in [0.3, 0.4) is 0 Å². The molecule has 2 aromatic carbocycles. The summed E-state index contributed by atoms with van der Waals surface area (Å²) in [4.78, 5) is 24.0. The zero-order valence-corrected chi connectivity index (χ0v) is 14.1. The number of fused-ring (bicyclic) bond motifs is 1. The summed E-state index contributed by atoms with van der Waals surface area (Å²) >= 11 is 0. The molecule has 0 fully saturated rings. The van der Waals surface area contributed by atoms with Crippen molar-refractivity contribution >= 4 is 17.6 Å². The molecule has 7 heteroatoms. The highest BCUT2D eigenvalue weighted by atomic mass is 16.4. The van der Waals surface area contributed by atoms with Gasteiger partial charge in [0.15, 0.2) is 11.5 Å². The summed E-state index contributed by atoms with van der Waals surface area (Å²) in [6.45, 7) is 0. The molecule has 4 rings (SSSR count). The average molecular weight is 364 g/mol. The van der Waals surface area contributed by atoms with Gasteiger partial charge in [0, 0.05) is 24.2 Å². The molecule has 1 aliphatic rings. The smallest absolute Gasteiger partial charge is 0.339 e. The number of hydrogen-bond acceptors (Lipinski definition) is 4. The van der Waals surface area contributed by atoms with Gasteiger partial charge < -0.3 is 25.2 Å². The number of carbonyl (C=O) groups excluding carboxylic acids is 1. The normalized spacial score (nSPS) is 15.9. The fraction of sp³-hybridized carbons (Fsp3) is 0.100. The number of nitrogens with zero attached hydrogens (tertiary/aromatic N) is 1. The summed E-state index contributed by atoms with van der Waals surface area (Å²) in [5, 5.41) is 31.7. The van der Waals surface area contributed by atoms with Crippen LogP contribution in [0.2, 0.25) is 0 Å². The lowest BCUT2D eigenvalue weighted by Crippen LogP contribution is -2.25. The molecule has 27 heavy (non-hydrogen) atoms. The van der Waals surface area contributed by atoms with E-state index in [0.717, 1.165) is 5.69 Å². The fourth-order valence-corrected chi connectivity index (χ4v) is 3.46. The van der Waals surface area contributed by atoms with Crippen molar-refractivity contribution in [2.75, 3.05) is 5.32 Å². The van der Waals surface area contributed by atoms with Gasteiger partial charge in [-0.05, 0) is 29.8 Å². The molecule has 136 valence electrons. The zero-order chi connectivity index (χ0) is 19.1. The molecule has 1 atom stereocenters. The summed E-state index contributed by atoms with van der Waals surface area (Å²) in [5.74, 6) is -2.49. The molecule has 0 radical (unpaired) electrons. The predicted molar refractivity (Wildman–Crippen MR) is 97.6 cm³/mol. The standard InChI is InChI=1S/C20H16N2O5/c23-15-7-6-11(8-16(15)24)13-9-17(25)21-18-14(20(26)27)10-22(19(13)18)12-4-2-1-3-5-12/h1-8,10,13,23-24H,9H2,(H,21,25)(H,26,27)/t13-/m0/s1. The van der Waals surface area contributed by atoms with Crippen LogP contribution in [0, 0.1) is 0 Å². The van der Waals surface area contributed by atoms with Gasteiger partial charge in [0.05, 0.1) is 11.4 Å². The minimum absolute atomic E-state index is 0.00472. The molecule has 1 aromatic heterocycles. The van der Waals surface area contributed by atoms with Crippen molar-refractivity contribution in [3.8, 4) is 17.2 Å². The number of anilines is 1. The number of carbonyl (C=O) groups is 2. The Morgan fingerprint density at radius 2 is 1.81 bits per heavy atom. The number of aromatic carboxylic acids is 1. The molecular weight excluding hydrogens is 348 g/mol. The van der Waals surface area contributed by atoms with Crippen LogP contribution < -0.4 is 5.32 Å². The van der Waals surface area contributed by atoms with Gasteiger partial charge in [-0.3, -0.25) is 4.79 Å². The highest BCUT2D eigenvalue weighted by molar-refractivity contribution is 6.04. The summed E-state index contributed by atoms with van der Waals surface area (Å²) in [7, 11) is 0. The third kappa shape index (κ3) is 2.79. The first kappa shape index (κ1) is 16.7. The fourth-order valence-electron chi connectivity index (χ4n) is 3.46. The number of carboxylic acids is 1. The molecule has 0 spiro atoms. The third-order valence-electron chi connectivity index (χ3n) is 4.69. The van der Waals surface area contributed by atoms with Crippen molar-refractivity contribution in [3.05, 3.63) is 71.5 Å². The predicted octanol–water partition coefficient (Wildman–Crippen LogP) is 3.06. The van der Waals surface area contributed by atoms with Crippen molar-refractivity contribution in [2.24, 2.45) is 0 Å². The minimum atomic E-state index is -1.14. The number of phenolic OH excluding ortho intramolecular Hbond substituents is 2. The SMILES string of the molecule is O=C1C[C@@H](c2ccc(O)c(O)c2)c2c(c(C(=O)O)cn2-c2ccccc2)N1. The Kier molecular flexibility index (Phi) is 3.84. The minimum Gasteiger partial charge on any atom is -0.504 e. The van der Waals surface area contributed by atoms with E-state index in [9.17, 15) is 24.9 Å². The molecule has 0 unspecified atom stereocenters. The molecule has 1 amide bonds. The number of amides is 1. The summed E-state index contributed by atoms with van der Waals surface area (Å²) < 4.78 is 1.74. The first-order valence-electron chi connectivity index (χ1n) is 8.31. The number of phenols is 2. The van der Waals surface area contributed by atoms with Crippen LogP contribution in [0.4, 0.5) is 5.69 Å². The Hall–Kier alpha value is -3.74. The average Bonchev–Trinajstić information content (AvgIpc) is 3.03. The van der Waals surface area contributed by atoms with Crippen LogP contribution in [0.5, 0.6) is 11.5 Å². The van der Waals surface area contributed by atoms with Gasteiger partial charge in [-0.1, -0.05) is 24.3 Å². The largest absolute Gasteiger partial charge is 0.504 e. The maximum absolute atomic E-state index is 12.3. The van der Waals surface area contributed by atoms with Crippen molar-refractivity contribution in [1.29, 1.82) is 0 Å². The van der Waals surface area contributed by atoms with Gasteiger partial charge in [0.1, 0.15) is 5.56 Å². The van der Waals surface area contributed by atoms with Crippen molar-refractivity contribution in [1.82, 2.24) is 4.57 Å². The number of benzene rings is 2. The number of nitrogens with one attached hydrogen (secondary N) is 1. The van der Waals surface area contributed by atoms with Gasteiger partial charge in [0.2, 0.25) is 5.91 Å². The lowest BCUT2D eigenvalue weighted by atomic mass is 9.88. The Balaban J connectivity index is 1.97. The number of carboxylic acid groups (broad SMARTS) is 1. The van der Waals surface area contributed by atoms with E-state index >= 15 is 0 Å². The highest BCUT2D eigenvalue weighted by Gasteiger charge is 2.34. The van der Waals surface area contributed by atoms with E-state index in [1.807, 2.05) is 30.3 Å². The number of hydrogen-bond donors (Lipinski definition) is 4. The van der Waals surface area contributed by atoms with Crippen LogP contribution in [-0.4, -0.2) is 31.8 Å². The van der Waals surface area contributed by atoms with Crippen LogP contribution in [0.15, 0.2) is 54.7 Å². The molecular formula is C20H16N2O5. The third-order valence-corrected chi connectivity index (χ3v) is 4.69. The van der Waals surface area contributed by atoms with Gasteiger partial charge in [0.25, 0.3) is 0 Å². The highest BCUT2D eigenvalue weighted by Crippen LogP contribution is 2.43. The molecule has 0 aliphatic carbocycles. The molecule has 4 N–H and O–H groups in total. The van der Waals surface area contributed by atoms with Crippen molar-refractivity contribution < 1.29 is 24.9 Å². The van der Waals surface area contributed by atoms with E-state index in [-0.39, 0.29) is 35.1 Å². The van der Waals surface area contributed by atoms with E-state index in [4.69, 9.17) is 0 Å². The maximum atomic E-state index is 12.3. The topological polar surface area (TPSA) is 112 Å². The summed E-state index contributed by atoms with van der Waals surface area (Å²) in [6.07, 6.45) is 1.58. The lowest BCUT2D eigenvalue weighted by Gasteiger charge is -2.26. The Morgan fingerprint density at radius 3 is 2.48 bits per heavy atom. The van der Waals surface area contributed by atoms with Crippen LogP contribution >= 0.6 is 0 Å². The van der Waals surface area contributed by atoms with Crippen LogP contribution in [-0.2, 0) is 4.79 Å². The van der Waals surface area contributed by atoms with Crippen LogP contribution in [0.25, 0.3) is 5.69 Å². The van der Waals surface area contributed by atoms with E-state index < -0.39 is 11.9 Å². The van der Waals surface area contributed by atoms with Gasteiger partial charge in [-0.25, -0.2) is 4.79 Å². The molecule has 3 aromatic rings. The van der Waals surface area contributed by atoms with E-state index in [0.29, 0.717) is 11.3 Å². The van der Waals surface area contributed by atoms with E-state index in [1.165, 1.54) is 18.3 Å². The lowest BCUT2D eigenvalue weighted by molar-refractivity contribution is -0.116. The monoisotopic (exact) mass is 364 g/mol. The van der Waals surface area contributed by atoms with Crippen LogP contribution in [0.1, 0.15) is 34.0 Å².